The van der Waals surface area contributed by atoms with Crippen LogP contribution in [-0.2, 0) is 6.61 Å². The minimum atomic E-state index is -0.466. The van der Waals surface area contributed by atoms with E-state index in [1.54, 1.807) is 35.3 Å². The van der Waals surface area contributed by atoms with Crippen LogP contribution in [0.5, 0.6) is 17.2 Å². The first kappa shape index (κ1) is 23.8. The molecule has 3 heterocycles. The molecule has 0 aliphatic heterocycles. The zero-order valence-corrected chi connectivity index (χ0v) is 20.8. The molecule has 9 nitrogen and oxygen atoms in total. The molecule has 2 N–H and O–H groups in total. The fraction of sp³-hybridized carbons (Fsp3) is 0.250. The molecule has 1 aliphatic rings. The molecule has 5 aromatic rings. The van der Waals surface area contributed by atoms with E-state index in [2.05, 4.69) is 19.9 Å². The molecule has 38 heavy (non-hydrogen) atoms. The van der Waals surface area contributed by atoms with E-state index in [0.29, 0.717) is 40.3 Å². The van der Waals surface area contributed by atoms with Gasteiger partial charge in [0.25, 0.3) is 0 Å². The fourth-order valence-electron chi connectivity index (χ4n) is 4.79. The van der Waals surface area contributed by atoms with Crippen molar-refractivity contribution in [2.45, 2.75) is 45.1 Å². The maximum Gasteiger partial charge on any atom is 0.153 e. The Hall–Kier alpha value is -4.60. The van der Waals surface area contributed by atoms with Gasteiger partial charge in [0, 0.05) is 42.1 Å². The number of ether oxygens (including phenoxy) is 2. The van der Waals surface area contributed by atoms with Gasteiger partial charge in [-0.25, -0.2) is 29.0 Å². The number of fused-ring (bicyclic) bond motifs is 1. The molecular weight excluding hydrogens is 485 g/mol. The molecule has 0 bridgehead atoms. The highest BCUT2D eigenvalue weighted by Crippen LogP contribution is 2.38. The summed E-state index contributed by atoms with van der Waals surface area (Å²) in [5, 5.41) is 4.91. The predicted octanol–water partition coefficient (Wildman–Crippen LogP) is 5.66. The molecule has 10 heteroatoms. The summed E-state index contributed by atoms with van der Waals surface area (Å²) in [6, 6.07) is 11.6. The van der Waals surface area contributed by atoms with Crippen molar-refractivity contribution in [1.82, 2.24) is 29.7 Å². The molecule has 2 aromatic carbocycles. The number of hydrogen-bond donors (Lipinski definition) is 1. The summed E-state index contributed by atoms with van der Waals surface area (Å²) in [5.41, 5.74) is 10.3. The van der Waals surface area contributed by atoms with Crippen LogP contribution < -0.4 is 15.2 Å². The Bertz CT molecular complexity index is 1580. The van der Waals surface area contributed by atoms with Gasteiger partial charge in [-0.15, -0.1) is 0 Å². The quantitative estimate of drug-likeness (QED) is 0.298. The van der Waals surface area contributed by atoms with Gasteiger partial charge in [0.15, 0.2) is 5.82 Å². The maximum absolute atomic E-state index is 14.3. The highest BCUT2D eigenvalue weighted by atomic mass is 19.1. The number of hydrogen-bond acceptors (Lipinski definition) is 8. The summed E-state index contributed by atoms with van der Waals surface area (Å²) in [6.45, 7) is 2.02. The molecule has 0 spiro atoms. The normalized spacial score (nSPS) is 13.7. The van der Waals surface area contributed by atoms with Crippen LogP contribution in [0.2, 0.25) is 0 Å². The van der Waals surface area contributed by atoms with Gasteiger partial charge in [-0.2, -0.15) is 5.10 Å². The van der Waals surface area contributed by atoms with Crippen molar-refractivity contribution >= 4 is 16.9 Å². The van der Waals surface area contributed by atoms with Crippen LogP contribution in [0.3, 0.4) is 0 Å². The van der Waals surface area contributed by atoms with E-state index >= 15 is 0 Å². The van der Waals surface area contributed by atoms with Crippen molar-refractivity contribution in [3.05, 3.63) is 84.1 Å². The first-order valence-corrected chi connectivity index (χ1v) is 12.5. The second-order valence-electron chi connectivity index (χ2n) is 9.38. The van der Waals surface area contributed by atoms with Crippen LogP contribution >= 0.6 is 0 Å². The summed E-state index contributed by atoms with van der Waals surface area (Å²) >= 11 is 0. The molecule has 6 rings (SSSR count). The summed E-state index contributed by atoms with van der Waals surface area (Å²) in [4.78, 5) is 17.0. The third kappa shape index (κ3) is 4.84. The number of aromatic nitrogens is 6. The molecule has 3 aromatic heterocycles. The van der Waals surface area contributed by atoms with E-state index < -0.39 is 5.82 Å². The van der Waals surface area contributed by atoms with Crippen molar-refractivity contribution in [3.8, 4) is 22.9 Å². The number of nitrogens with two attached hydrogens (primary N) is 1. The number of nitrogen functional groups attached to an aromatic ring is 1. The van der Waals surface area contributed by atoms with Crippen molar-refractivity contribution in [3.63, 3.8) is 0 Å². The van der Waals surface area contributed by atoms with Gasteiger partial charge >= 0.3 is 0 Å². The average molecular weight is 512 g/mol. The van der Waals surface area contributed by atoms with Crippen molar-refractivity contribution in [2.75, 3.05) is 5.73 Å². The summed E-state index contributed by atoms with van der Waals surface area (Å²) < 4.78 is 27.7. The largest absolute Gasteiger partial charge is 0.489 e. The van der Waals surface area contributed by atoms with Crippen LogP contribution in [0.4, 0.5) is 10.2 Å². The lowest BCUT2D eigenvalue weighted by atomic mass is 10.0. The van der Waals surface area contributed by atoms with Gasteiger partial charge in [-0.1, -0.05) is 12.8 Å². The van der Waals surface area contributed by atoms with Gasteiger partial charge in [-0.05, 0) is 44.0 Å². The standard InChI is InChI=1S/C28H26FN7O2/c1-17-31-13-18(14-32-17)15-37-23-10-20(29)11-24(12-23)38-22-8-6-21(7-9-22)36-27-26(33-16-34-28(27)30)25(35-36)19-4-2-3-5-19/h6-14,16,19H,2-5,15H2,1H3,(H2,30,33,34). The lowest BCUT2D eigenvalue weighted by molar-refractivity contribution is 0.301. The van der Waals surface area contributed by atoms with E-state index in [0.717, 1.165) is 35.3 Å². The van der Waals surface area contributed by atoms with Crippen molar-refractivity contribution in [1.29, 1.82) is 0 Å². The summed E-state index contributed by atoms with van der Waals surface area (Å²) in [7, 11) is 0. The van der Waals surface area contributed by atoms with Gasteiger partial charge in [0.1, 0.15) is 52.9 Å². The number of anilines is 1. The molecule has 0 unspecified atom stereocenters. The number of aryl methyl sites for hydroxylation is 1. The number of benzene rings is 2. The van der Waals surface area contributed by atoms with E-state index in [1.165, 1.54) is 31.3 Å². The molecule has 1 saturated carbocycles. The Labute approximate surface area is 218 Å². The highest BCUT2D eigenvalue weighted by Gasteiger charge is 2.25. The van der Waals surface area contributed by atoms with Crippen LogP contribution in [0.1, 0.15) is 48.7 Å². The van der Waals surface area contributed by atoms with Gasteiger partial charge in [0.2, 0.25) is 0 Å². The highest BCUT2D eigenvalue weighted by molar-refractivity contribution is 5.88. The molecule has 0 radical (unpaired) electrons. The average Bonchev–Trinajstić information content (AvgIpc) is 3.58. The summed E-state index contributed by atoms with van der Waals surface area (Å²) in [5.74, 6) is 2.16. The fourth-order valence-corrected chi connectivity index (χ4v) is 4.79. The summed E-state index contributed by atoms with van der Waals surface area (Å²) in [6.07, 6.45) is 9.43. The van der Waals surface area contributed by atoms with Crippen LogP contribution in [0.25, 0.3) is 16.7 Å². The van der Waals surface area contributed by atoms with Gasteiger partial charge in [0.05, 0.1) is 11.4 Å². The van der Waals surface area contributed by atoms with Crippen LogP contribution in [0.15, 0.2) is 61.2 Å². The Morgan fingerprint density at radius 3 is 2.45 bits per heavy atom. The van der Waals surface area contributed by atoms with Gasteiger partial charge < -0.3 is 15.2 Å². The molecular formula is C28H26FN7O2. The molecule has 1 fully saturated rings. The third-order valence-electron chi connectivity index (χ3n) is 6.66. The van der Waals surface area contributed by atoms with Crippen molar-refractivity contribution in [2.24, 2.45) is 0 Å². The monoisotopic (exact) mass is 511 g/mol. The Morgan fingerprint density at radius 1 is 0.947 bits per heavy atom. The Kier molecular flexibility index (Phi) is 6.28. The SMILES string of the molecule is Cc1ncc(COc2cc(F)cc(Oc3ccc(-n4nc(C5CCCC5)c5ncnc(N)c54)cc3)c2)cn1. The smallest absolute Gasteiger partial charge is 0.153 e. The minimum absolute atomic E-state index is 0.214. The Morgan fingerprint density at radius 2 is 1.68 bits per heavy atom. The molecule has 0 amide bonds. The van der Waals surface area contributed by atoms with E-state index in [-0.39, 0.29) is 6.61 Å². The number of halogens is 1. The lowest BCUT2D eigenvalue weighted by Crippen LogP contribution is -2.01. The zero-order valence-electron chi connectivity index (χ0n) is 20.8. The van der Waals surface area contributed by atoms with E-state index in [9.17, 15) is 4.39 Å². The lowest BCUT2D eigenvalue weighted by Gasteiger charge is -2.11. The van der Waals surface area contributed by atoms with E-state index in [4.69, 9.17) is 20.3 Å². The van der Waals surface area contributed by atoms with Crippen molar-refractivity contribution < 1.29 is 13.9 Å². The third-order valence-corrected chi connectivity index (χ3v) is 6.66. The number of nitrogens with zero attached hydrogens (tertiary/aromatic N) is 6. The molecule has 1 aliphatic carbocycles. The Balaban J connectivity index is 1.22. The van der Waals surface area contributed by atoms with Crippen LogP contribution in [-0.4, -0.2) is 29.7 Å². The zero-order chi connectivity index (χ0) is 26.1. The molecule has 0 saturated heterocycles. The first-order valence-electron chi connectivity index (χ1n) is 12.5. The minimum Gasteiger partial charge on any atom is -0.489 e. The predicted molar refractivity (Wildman–Crippen MR) is 140 cm³/mol. The number of rotatable bonds is 7. The second kappa shape index (κ2) is 10.0. The van der Waals surface area contributed by atoms with Gasteiger partial charge in [-0.3, -0.25) is 0 Å². The molecule has 0 atom stereocenters. The second-order valence-corrected chi connectivity index (χ2v) is 9.38. The molecule has 192 valence electrons. The van der Waals surface area contributed by atoms with E-state index in [1.807, 2.05) is 19.1 Å². The van der Waals surface area contributed by atoms with Crippen LogP contribution in [0, 0.1) is 12.7 Å². The topological polar surface area (TPSA) is 114 Å². The maximum atomic E-state index is 14.3. The first-order chi connectivity index (χ1) is 18.5.